The van der Waals surface area contributed by atoms with Gasteiger partial charge in [0.05, 0.1) is 36.5 Å². The van der Waals surface area contributed by atoms with E-state index < -0.39 is 85.3 Å². The van der Waals surface area contributed by atoms with E-state index in [0.29, 0.717) is 0 Å². The Morgan fingerprint density at radius 3 is 2.17 bits per heavy atom. The van der Waals surface area contributed by atoms with E-state index in [0.717, 1.165) is 0 Å². The number of hydrogen-bond acceptors (Lipinski definition) is 13. The first-order chi connectivity index (χ1) is 19.0. The van der Waals surface area contributed by atoms with Crippen LogP contribution in [0.5, 0.6) is 11.5 Å². The summed E-state index contributed by atoms with van der Waals surface area (Å²) in [5.74, 6) is -2.64. The number of fused-ring (bicyclic) bond motifs is 2. The zero-order chi connectivity index (χ0) is 29.0. The number of phenolic OH excluding ortho intramolecular Hbond substituents is 2. The lowest BCUT2D eigenvalue weighted by molar-refractivity contribution is -0.296. The topological polar surface area (TPSA) is 227 Å². The zero-order valence-electron chi connectivity index (χ0n) is 21.3. The van der Waals surface area contributed by atoms with Crippen molar-refractivity contribution in [2.75, 3.05) is 6.61 Å². The summed E-state index contributed by atoms with van der Waals surface area (Å²) in [5, 5.41) is 93.2. The zero-order valence-corrected chi connectivity index (χ0v) is 21.3. The maximum Gasteiger partial charge on any atom is 0.201 e. The van der Waals surface area contributed by atoms with Gasteiger partial charge < -0.3 is 60.2 Å². The van der Waals surface area contributed by atoms with E-state index in [9.17, 15) is 50.8 Å². The molecule has 2 aromatic carbocycles. The van der Waals surface area contributed by atoms with Crippen LogP contribution < -0.4 is 0 Å². The summed E-state index contributed by atoms with van der Waals surface area (Å²) < 4.78 is 16.9. The molecule has 0 radical (unpaired) electrons. The van der Waals surface area contributed by atoms with Crippen LogP contribution in [-0.2, 0) is 20.8 Å². The molecular weight excluding hydrogens is 532 g/mol. The van der Waals surface area contributed by atoms with Crippen molar-refractivity contribution in [3.63, 3.8) is 0 Å². The summed E-state index contributed by atoms with van der Waals surface area (Å²) in [7, 11) is 0. The van der Waals surface area contributed by atoms with E-state index in [4.69, 9.17) is 14.2 Å². The van der Waals surface area contributed by atoms with Gasteiger partial charge in [0, 0.05) is 5.92 Å². The molecule has 40 heavy (non-hydrogen) atoms. The number of benzene rings is 2. The van der Waals surface area contributed by atoms with Crippen molar-refractivity contribution in [2.24, 2.45) is 0 Å². The molecule has 0 saturated carbocycles. The second-order valence-corrected chi connectivity index (χ2v) is 10.4. The van der Waals surface area contributed by atoms with Crippen molar-refractivity contribution in [2.45, 2.75) is 80.7 Å². The Morgan fingerprint density at radius 2 is 1.48 bits per heavy atom. The van der Waals surface area contributed by atoms with Crippen LogP contribution in [0.2, 0.25) is 0 Å². The molecule has 1 aliphatic carbocycles. The van der Waals surface area contributed by atoms with E-state index >= 15 is 0 Å². The van der Waals surface area contributed by atoms with Gasteiger partial charge in [-0.3, -0.25) is 4.79 Å². The monoisotopic (exact) mass is 564 g/mol. The van der Waals surface area contributed by atoms with Crippen molar-refractivity contribution >= 4 is 5.78 Å². The molecule has 218 valence electrons. The number of aliphatic hydroxyl groups is 7. The molecule has 0 bridgehead atoms. The lowest BCUT2D eigenvalue weighted by Gasteiger charge is -2.45. The number of rotatable bonds is 5. The highest BCUT2D eigenvalue weighted by molar-refractivity contribution is 6.16. The number of aliphatic hydroxyl groups excluding tert-OH is 7. The first kappa shape index (κ1) is 28.8. The van der Waals surface area contributed by atoms with Gasteiger partial charge in [-0.1, -0.05) is 18.2 Å². The van der Waals surface area contributed by atoms with Crippen LogP contribution in [0.4, 0.5) is 0 Å². The SMILES string of the molecule is CC1O[C@@H](OCc2cc(O)c3c(c2)[C@H]([C@H]2OC(CO)[C@H](O)[C@H](O)C2O)c2cccc(O)c2C3=O)C(O)[C@H](O)[C@H]1O. The molecule has 0 amide bonds. The molecule has 11 atom stereocenters. The molecule has 2 aliphatic heterocycles. The maximum absolute atomic E-state index is 13.5. The Morgan fingerprint density at radius 1 is 0.800 bits per heavy atom. The summed E-state index contributed by atoms with van der Waals surface area (Å²) in [5.41, 5.74) is 0.319. The molecule has 0 spiro atoms. The number of aromatic hydroxyl groups is 2. The minimum absolute atomic E-state index is 0.142. The summed E-state index contributed by atoms with van der Waals surface area (Å²) in [6.45, 7) is 0.514. The van der Waals surface area contributed by atoms with Gasteiger partial charge in [-0.05, 0) is 35.7 Å². The second kappa shape index (κ2) is 10.9. The predicted octanol–water partition coefficient (Wildman–Crippen LogP) is -2.04. The van der Waals surface area contributed by atoms with Crippen LogP contribution in [0.3, 0.4) is 0 Å². The van der Waals surface area contributed by atoms with Gasteiger partial charge in [-0.25, -0.2) is 0 Å². The smallest absolute Gasteiger partial charge is 0.201 e. The van der Waals surface area contributed by atoms with E-state index in [1.807, 2.05) is 0 Å². The number of ether oxygens (including phenoxy) is 3. The molecule has 2 fully saturated rings. The van der Waals surface area contributed by atoms with Gasteiger partial charge in [0.1, 0.15) is 54.2 Å². The number of ketones is 1. The van der Waals surface area contributed by atoms with Crippen molar-refractivity contribution in [1.82, 2.24) is 0 Å². The highest BCUT2D eigenvalue weighted by atomic mass is 16.7. The first-order valence-corrected chi connectivity index (χ1v) is 12.8. The van der Waals surface area contributed by atoms with Gasteiger partial charge in [-0.2, -0.15) is 0 Å². The van der Waals surface area contributed by atoms with Crippen molar-refractivity contribution in [3.05, 3.63) is 58.1 Å². The second-order valence-electron chi connectivity index (χ2n) is 10.4. The maximum atomic E-state index is 13.5. The van der Waals surface area contributed by atoms with Crippen LogP contribution in [0.15, 0.2) is 30.3 Å². The number of carbonyl (C=O) groups excluding carboxylic acids is 1. The van der Waals surface area contributed by atoms with E-state index in [1.54, 1.807) is 0 Å². The van der Waals surface area contributed by atoms with Crippen LogP contribution in [0, 0.1) is 0 Å². The van der Waals surface area contributed by atoms with Crippen LogP contribution in [-0.4, -0.2) is 120 Å². The molecule has 13 heteroatoms. The van der Waals surface area contributed by atoms with Gasteiger partial charge in [-0.15, -0.1) is 0 Å². The summed E-state index contributed by atoms with van der Waals surface area (Å²) in [6.07, 6.45) is -14.2. The minimum Gasteiger partial charge on any atom is -0.507 e. The fourth-order valence-electron chi connectivity index (χ4n) is 5.73. The Kier molecular flexibility index (Phi) is 7.89. The van der Waals surface area contributed by atoms with Crippen LogP contribution >= 0.6 is 0 Å². The molecule has 4 unspecified atom stereocenters. The van der Waals surface area contributed by atoms with Crippen molar-refractivity contribution in [1.29, 1.82) is 0 Å². The molecule has 5 rings (SSSR count). The third-order valence-electron chi connectivity index (χ3n) is 7.89. The van der Waals surface area contributed by atoms with Crippen LogP contribution in [0.1, 0.15) is 45.5 Å². The number of carbonyl (C=O) groups is 1. The molecule has 13 nitrogen and oxygen atoms in total. The van der Waals surface area contributed by atoms with Crippen molar-refractivity contribution in [3.8, 4) is 11.5 Å². The molecular formula is C27H32O13. The average molecular weight is 565 g/mol. The highest BCUT2D eigenvalue weighted by Crippen LogP contribution is 2.47. The van der Waals surface area contributed by atoms with Crippen LogP contribution in [0.25, 0.3) is 0 Å². The fourth-order valence-corrected chi connectivity index (χ4v) is 5.73. The highest BCUT2D eigenvalue weighted by Gasteiger charge is 2.50. The summed E-state index contributed by atoms with van der Waals surface area (Å²) in [6, 6.07) is 6.99. The first-order valence-electron chi connectivity index (χ1n) is 12.8. The minimum atomic E-state index is -1.72. The molecule has 2 heterocycles. The third-order valence-corrected chi connectivity index (χ3v) is 7.89. The molecule has 2 aromatic rings. The Labute approximate surface area is 228 Å². The quantitative estimate of drug-likeness (QED) is 0.191. The van der Waals surface area contributed by atoms with Crippen molar-refractivity contribution < 1.29 is 65.0 Å². The molecule has 0 aromatic heterocycles. The van der Waals surface area contributed by atoms with Gasteiger partial charge in [0.15, 0.2) is 6.29 Å². The summed E-state index contributed by atoms with van der Waals surface area (Å²) in [4.78, 5) is 13.5. The van der Waals surface area contributed by atoms with Gasteiger partial charge in [0.2, 0.25) is 5.78 Å². The van der Waals surface area contributed by atoms with E-state index in [1.165, 1.54) is 37.3 Å². The molecule has 3 aliphatic rings. The molecule has 2 saturated heterocycles. The number of hydrogen-bond donors (Lipinski definition) is 9. The largest absolute Gasteiger partial charge is 0.507 e. The fraction of sp³-hybridized carbons (Fsp3) is 0.519. The Bertz CT molecular complexity index is 1270. The normalized spacial score (nSPS) is 37.6. The standard InChI is InChI=1S/C27H32O13/c1-9-19(31)22(34)25(37)27(39-9)38-8-10-5-12-16(26-24(36)23(35)20(32)15(7-28)40-26)11-3-2-4-13(29)17(11)21(33)18(12)14(30)6-10/h2-6,9,15-16,19-20,22-32,34-37H,7-8H2,1H3/t9?,15?,16-,19+,20+,22-,23+,24?,25?,26-,27-/m1/s1. The summed E-state index contributed by atoms with van der Waals surface area (Å²) >= 11 is 0. The Hall–Kier alpha value is -2.69. The molecule has 9 N–H and O–H groups in total. The van der Waals surface area contributed by atoms with Gasteiger partial charge in [0.25, 0.3) is 0 Å². The lowest BCUT2D eigenvalue weighted by Crippen LogP contribution is -2.60. The van der Waals surface area contributed by atoms with E-state index in [-0.39, 0.29) is 40.2 Å². The Balaban J connectivity index is 1.55. The lowest BCUT2D eigenvalue weighted by atomic mass is 9.71. The van der Waals surface area contributed by atoms with Gasteiger partial charge >= 0.3 is 0 Å². The van der Waals surface area contributed by atoms with E-state index in [2.05, 4.69) is 0 Å². The predicted molar refractivity (Wildman–Crippen MR) is 132 cm³/mol. The third kappa shape index (κ3) is 4.67. The number of phenols is 2. The average Bonchev–Trinajstić information content (AvgIpc) is 2.92.